The second-order valence-corrected chi connectivity index (χ2v) is 6.10. The van der Waals surface area contributed by atoms with E-state index in [9.17, 15) is 0 Å². The van der Waals surface area contributed by atoms with E-state index in [2.05, 4.69) is 21.4 Å². The van der Waals surface area contributed by atoms with Gasteiger partial charge in [-0.05, 0) is 43.3 Å². The Morgan fingerprint density at radius 3 is 2.71 bits per heavy atom. The van der Waals surface area contributed by atoms with Crippen molar-refractivity contribution in [2.45, 2.75) is 13.5 Å². The van der Waals surface area contributed by atoms with E-state index in [0.717, 1.165) is 17.0 Å². The lowest BCUT2D eigenvalue weighted by Gasteiger charge is -2.08. The number of aryl methyl sites for hydroxylation is 1. The number of ether oxygens (including phenoxy) is 2. The Morgan fingerprint density at radius 1 is 1.11 bits per heavy atom. The second kappa shape index (κ2) is 7.68. The molecule has 2 heterocycles. The Balaban J connectivity index is 1.51. The van der Waals surface area contributed by atoms with Crippen LogP contribution in [0.15, 0.2) is 65.3 Å². The molecule has 0 bridgehead atoms. The molecule has 4 rings (SSSR count). The molecule has 0 aliphatic rings. The number of nitriles is 1. The fraction of sp³-hybridized carbons (Fsp3) is 0.0952. The van der Waals surface area contributed by atoms with Gasteiger partial charge in [0, 0.05) is 11.6 Å². The third-order valence-corrected chi connectivity index (χ3v) is 4.00. The minimum atomic E-state index is 0.294. The van der Waals surface area contributed by atoms with Crippen molar-refractivity contribution in [2.75, 3.05) is 0 Å². The molecule has 0 radical (unpaired) electrons. The molecule has 0 saturated carbocycles. The summed E-state index contributed by atoms with van der Waals surface area (Å²) in [5.74, 6) is 2.54. The van der Waals surface area contributed by atoms with Crippen molar-refractivity contribution in [3.63, 3.8) is 0 Å². The quantitative estimate of drug-likeness (QED) is 0.530. The summed E-state index contributed by atoms with van der Waals surface area (Å²) in [5, 5.41) is 19.8. The molecular weight excluding hydrogens is 356 g/mol. The maximum Gasteiger partial charge on any atom is 0.174 e. The van der Waals surface area contributed by atoms with E-state index in [1.54, 1.807) is 30.5 Å². The maximum absolute atomic E-state index is 8.89. The van der Waals surface area contributed by atoms with Gasteiger partial charge in [0.25, 0.3) is 0 Å². The Hall–Kier alpha value is -4.05. The molecule has 7 nitrogen and oxygen atoms in total. The largest absolute Gasteiger partial charge is 0.486 e. The number of aromatic amines is 1. The molecule has 0 spiro atoms. The zero-order valence-electron chi connectivity index (χ0n) is 15.0. The summed E-state index contributed by atoms with van der Waals surface area (Å²) < 4.78 is 16.9. The Morgan fingerprint density at radius 2 is 1.96 bits per heavy atom. The average Bonchev–Trinajstić information content (AvgIpc) is 3.36. The van der Waals surface area contributed by atoms with Gasteiger partial charge in [-0.1, -0.05) is 17.3 Å². The van der Waals surface area contributed by atoms with E-state index in [1.807, 2.05) is 37.3 Å². The first-order valence-corrected chi connectivity index (χ1v) is 8.58. The molecule has 0 amide bonds. The number of rotatable bonds is 6. The first kappa shape index (κ1) is 17.4. The van der Waals surface area contributed by atoms with Gasteiger partial charge in [-0.2, -0.15) is 10.4 Å². The number of benzene rings is 2. The molecule has 138 valence electrons. The Bertz CT molecular complexity index is 1120. The van der Waals surface area contributed by atoms with Gasteiger partial charge in [-0.25, -0.2) is 0 Å². The molecule has 0 aliphatic heterocycles. The third-order valence-electron chi connectivity index (χ3n) is 4.00. The van der Waals surface area contributed by atoms with Crippen LogP contribution in [0.25, 0.3) is 11.3 Å². The number of aromatic nitrogens is 3. The molecule has 0 fully saturated rings. The summed E-state index contributed by atoms with van der Waals surface area (Å²) in [7, 11) is 0. The monoisotopic (exact) mass is 372 g/mol. The minimum absolute atomic E-state index is 0.294. The normalized spacial score (nSPS) is 10.4. The highest BCUT2D eigenvalue weighted by Gasteiger charge is 2.11. The summed E-state index contributed by atoms with van der Waals surface area (Å²) in [6.45, 7) is 2.16. The van der Waals surface area contributed by atoms with Crippen LogP contribution in [0.5, 0.6) is 17.2 Å². The minimum Gasteiger partial charge on any atom is -0.486 e. The van der Waals surface area contributed by atoms with Crippen LogP contribution >= 0.6 is 0 Å². The summed E-state index contributed by atoms with van der Waals surface area (Å²) in [6.07, 6.45) is 1.61. The lowest BCUT2D eigenvalue weighted by atomic mass is 10.1. The Labute approximate surface area is 161 Å². The van der Waals surface area contributed by atoms with Crippen molar-refractivity contribution in [3.05, 3.63) is 77.8 Å². The van der Waals surface area contributed by atoms with E-state index < -0.39 is 0 Å². The summed E-state index contributed by atoms with van der Waals surface area (Å²) in [4.78, 5) is 0. The number of hydrogen-bond donors (Lipinski definition) is 1. The van der Waals surface area contributed by atoms with Gasteiger partial charge in [-0.15, -0.1) is 0 Å². The van der Waals surface area contributed by atoms with Gasteiger partial charge in [-0.3, -0.25) is 5.10 Å². The van der Waals surface area contributed by atoms with Crippen LogP contribution in [0.2, 0.25) is 0 Å². The molecule has 0 saturated heterocycles. The molecule has 2 aromatic carbocycles. The first-order valence-electron chi connectivity index (χ1n) is 8.58. The first-order chi connectivity index (χ1) is 13.7. The Kier molecular flexibility index (Phi) is 4.76. The van der Waals surface area contributed by atoms with Gasteiger partial charge < -0.3 is 14.0 Å². The average molecular weight is 372 g/mol. The molecule has 1 N–H and O–H groups in total. The smallest absolute Gasteiger partial charge is 0.174 e. The van der Waals surface area contributed by atoms with Crippen LogP contribution in [0.1, 0.15) is 17.0 Å². The zero-order chi connectivity index (χ0) is 19.3. The maximum atomic E-state index is 8.89. The van der Waals surface area contributed by atoms with E-state index in [1.165, 1.54) is 0 Å². The summed E-state index contributed by atoms with van der Waals surface area (Å²) in [5.41, 5.74) is 2.98. The van der Waals surface area contributed by atoms with Gasteiger partial charge in [0.1, 0.15) is 23.8 Å². The number of hydrogen-bond acceptors (Lipinski definition) is 6. The molecule has 7 heteroatoms. The van der Waals surface area contributed by atoms with Crippen LogP contribution in [-0.4, -0.2) is 15.4 Å². The van der Waals surface area contributed by atoms with Gasteiger partial charge >= 0.3 is 0 Å². The van der Waals surface area contributed by atoms with Gasteiger partial charge in [0.2, 0.25) is 0 Å². The predicted molar refractivity (Wildman–Crippen MR) is 101 cm³/mol. The molecule has 0 atom stereocenters. The van der Waals surface area contributed by atoms with Crippen molar-refractivity contribution in [1.82, 2.24) is 15.4 Å². The molecule has 0 aliphatic carbocycles. The van der Waals surface area contributed by atoms with Crippen LogP contribution < -0.4 is 9.47 Å². The molecular formula is C21H16N4O3. The van der Waals surface area contributed by atoms with E-state index in [-0.39, 0.29) is 0 Å². The van der Waals surface area contributed by atoms with Crippen LogP contribution in [0, 0.1) is 18.3 Å². The predicted octanol–water partition coefficient (Wildman–Crippen LogP) is 4.62. The summed E-state index contributed by atoms with van der Waals surface area (Å²) in [6, 6.07) is 18.4. The standard InChI is InChI=1S/C21H16N4O3/c1-14-9-19(28-25-14)13-26-18-4-2-3-16(10-18)21-20(12-23-24-21)27-17-7-5-15(11-22)6-8-17/h2-10,12H,13H2,1H3,(H,23,24). The highest BCUT2D eigenvalue weighted by atomic mass is 16.5. The van der Waals surface area contributed by atoms with Gasteiger partial charge in [0.05, 0.1) is 23.5 Å². The van der Waals surface area contributed by atoms with Crippen LogP contribution in [0.3, 0.4) is 0 Å². The summed E-state index contributed by atoms with van der Waals surface area (Å²) >= 11 is 0. The van der Waals surface area contributed by atoms with Crippen molar-refractivity contribution in [2.24, 2.45) is 0 Å². The molecule has 2 aromatic heterocycles. The third kappa shape index (κ3) is 3.86. The molecule has 0 unspecified atom stereocenters. The topological polar surface area (TPSA) is 97.0 Å². The number of nitrogens with zero attached hydrogens (tertiary/aromatic N) is 3. The fourth-order valence-electron chi connectivity index (χ4n) is 2.66. The lowest BCUT2D eigenvalue weighted by Crippen LogP contribution is -1.94. The van der Waals surface area contributed by atoms with E-state index >= 15 is 0 Å². The highest BCUT2D eigenvalue weighted by Crippen LogP contribution is 2.33. The fourth-order valence-corrected chi connectivity index (χ4v) is 2.66. The van der Waals surface area contributed by atoms with Crippen molar-refractivity contribution >= 4 is 0 Å². The highest BCUT2D eigenvalue weighted by molar-refractivity contribution is 5.67. The van der Waals surface area contributed by atoms with E-state index in [4.69, 9.17) is 19.3 Å². The van der Waals surface area contributed by atoms with Crippen LogP contribution in [-0.2, 0) is 6.61 Å². The van der Waals surface area contributed by atoms with Crippen molar-refractivity contribution in [1.29, 1.82) is 5.26 Å². The van der Waals surface area contributed by atoms with Crippen LogP contribution in [0.4, 0.5) is 0 Å². The lowest BCUT2D eigenvalue weighted by molar-refractivity contribution is 0.249. The second-order valence-electron chi connectivity index (χ2n) is 6.10. The SMILES string of the molecule is Cc1cc(COc2cccc(-c3[nH]ncc3Oc3ccc(C#N)cc3)c2)on1. The molecule has 28 heavy (non-hydrogen) atoms. The number of nitrogens with one attached hydrogen (secondary N) is 1. The molecule has 4 aromatic rings. The van der Waals surface area contributed by atoms with Crippen molar-refractivity contribution in [3.8, 4) is 34.6 Å². The van der Waals surface area contributed by atoms with Crippen molar-refractivity contribution < 1.29 is 14.0 Å². The van der Waals surface area contributed by atoms with Gasteiger partial charge in [0.15, 0.2) is 11.5 Å². The van der Waals surface area contributed by atoms with E-state index in [0.29, 0.717) is 35.2 Å². The number of H-pyrrole nitrogens is 1. The zero-order valence-corrected chi connectivity index (χ0v) is 15.0.